The lowest BCUT2D eigenvalue weighted by Gasteiger charge is -2.08. The van der Waals surface area contributed by atoms with Crippen LogP contribution in [0.1, 0.15) is 10.4 Å². The van der Waals surface area contributed by atoms with Crippen LogP contribution >= 0.6 is 23.2 Å². The van der Waals surface area contributed by atoms with Crippen molar-refractivity contribution in [2.75, 3.05) is 5.32 Å². The molecule has 0 bridgehead atoms. The Morgan fingerprint density at radius 2 is 1.12 bits per heavy atom. The van der Waals surface area contributed by atoms with Crippen LogP contribution in [-0.2, 0) is 9.84 Å². The molecule has 0 aliphatic carbocycles. The SMILES string of the molecule is O=C(Nc1ccc(S(=O)(=O)c2ccc(Cl)cc2)cc1)c1ccc(Cl)cc1. The summed E-state index contributed by atoms with van der Waals surface area (Å²) < 4.78 is 25.2. The van der Waals surface area contributed by atoms with Crippen molar-refractivity contribution in [1.82, 2.24) is 0 Å². The summed E-state index contributed by atoms with van der Waals surface area (Å²) in [6, 6.07) is 18.4. The smallest absolute Gasteiger partial charge is 0.255 e. The van der Waals surface area contributed by atoms with Gasteiger partial charge in [0.05, 0.1) is 9.79 Å². The number of hydrogen-bond acceptors (Lipinski definition) is 3. The van der Waals surface area contributed by atoms with Gasteiger partial charge in [0.25, 0.3) is 5.91 Å². The molecule has 0 aliphatic rings. The highest BCUT2D eigenvalue weighted by molar-refractivity contribution is 7.91. The molecular formula is C19H13Cl2NO3S. The minimum absolute atomic E-state index is 0.129. The Morgan fingerprint density at radius 3 is 1.62 bits per heavy atom. The first-order chi connectivity index (χ1) is 12.4. The fourth-order valence-electron chi connectivity index (χ4n) is 2.27. The molecule has 0 radical (unpaired) electrons. The van der Waals surface area contributed by atoms with Crippen molar-refractivity contribution in [3.8, 4) is 0 Å². The van der Waals surface area contributed by atoms with Crippen molar-refractivity contribution in [3.05, 3.63) is 88.4 Å². The second-order valence-corrected chi connectivity index (χ2v) is 8.27. The maximum atomic E-state index is 12.6. The highest BCUT2D eigenvalue weighted by atomic mass is 35.5. The first kappa shape index (κ1) is 18.5. The zero-order valence-corrected chi connectivity index (χ0v) is 15.6. The van der Waals surface area contributed by atoms with Crippen LogP contribution < -0.4 is 5.32 Å². The molecule has 1 amide bonds. The number of hydrogen-bond donors (Lipinski definition) is 1. The van der Waals surface area contributed by atoms with Crippen molar-refractivity contribution >= 4 is 44.6 Å². The zero-order chi connectivity index (χ0) is 18.7. The first-order valence-electron chi connectivity index (χ1n) is 7.54. The molecule has 0 saturated carbocycles. The predicted molar refractivity (Wildman–Crippen MR) is 103 cm³/mol. The predicted octanol–water partition coefficient (Wildman–Crippen LogP) is 5.08. The number of halogens is 2. The summed E-state index contributed by atoms with van der Waals surface area (Å²) in [5.41, 5.74) is 0.937. The summed E-state index contributed by atoms with van der Waals surface area (Å²) in [5, 5.41) is 3.71. The van der Waals surface area contributed by atoms with Crippen molar-refractivity contribution in [2.45, 2.75) is 9.79 Å². The van der Waals surface area contributed by atoms with E-state index in [1.54, 1.807) is 24.3 Å². The molecule has 0 fully saturated rings. The molecule has 0 aromatic heterocycles. The van der Waals surface area contributed by atoms with Gasteiger partial charge in [-0.05, 0) is 72.8 Å². The second kappa shape index (κ2) is 7.50. The van der Waals surface area contributed by atoms with E-state index in [1.807, 2.05) is 0 Å². The number of carbonyl (C=O) groups excluding carboxylic acids is 1. The molecule has 3 aromatic carbocycles. The monoisotopic (exact) mass is 405 g/mol. The topological polar surface area (TPSA) is 63.2 Å². The van der Waals surface area contributed by atoms with Gasteiger partial charge in [-0.25, -0.2) is 8.42 Å². The third kappa shape index (κ3) is 4.07. The highest BCUT2D eigenvalue weighted by Crippen LogP contribution is 2.24. The average molecular weight is 406 g/mol. The second-order valence-electron chi connectivity index (χ2n) is 5.44. The molecule has 0 aliphatic heterocycles. The third-order valence-corrected chi connectivity index (χ3v) is 5.94. The van der Waals surface area contributed by atoms with Crippen LogP contribution in [0.5, 0.6) is 0 Å². The number of carbonyl (C=O) groups is 1. The lowest BCUT2D eigenvalue weighted by atomic mass is 10.2. The van der Waals surface area contributed by atoms with Gasteiger partial charge in [-0.15, -0.1) is 0 Å². The Kier molecular flexibility index (Phi) is 5.32. The first-order valence-corrected chi connectivity index (χ1v) is 9.78. The number of rotatable bonds is 4. The third-order valence-electron chi connectivity index (χ3n) is 3.65. The zero-order valence-electron chi connectivity index (χ0n) is 13.3. The van der Waals surface area contributed by atoms with Crippen LogP contribution in [0.4, 0.5) is 5.69 Å². The standard InChI is InChI=1S/C19H13Cl2NO3S/c20-14-3-1-13(2-4-14)19(23)22-16-7-11-18(12-8-16)26(24,25)17-9-5-15(21)6-10-17/h1-12H,(H,22,23). The van der Waals surface area contributed by atoms with Crippen LogP contribution in [0.15, 0.2) is 82.6 Å². The minimum Gasteiger partial charge on any atom is -0.322 e. The van der Waals surface area contributed by atoms with Crippen LogP contribution in [0.2, 0.25) is 10.0 Å². The van der Waals surface area contributed by atoms with Crippen LogP contribution in [0.3, 0.4) is 0 Å². The maximum absolute atomic E-state index is 12.6. The molecule has 3 aromatic rings. The number of benzene rings is 3. The quantitative estimate of drug-likeness (QED) is 0.658. The molecule has 7 heteroatoms. The van der Waals surface area contributed by atoms with E-state index in [9.17, 15) is 13.2 Å². The summed E-state index contributed by atoms with van der Waals surface area (Å²) >= 11 is 11.6. The van der Waals surface area contributed by atoms with Gasteiger partial charge in [-0.1, -0.05) is 23.2 Å². The Hall–Kier alpha value is -2.34. The van der Waals surface area contributed by atoms with E-state index >= 15 is 0 Å². The Labute approximate surface area is 161 Å². The van der Waals surface area contributed by atoms with E-state index < -0.39 is 9.84 Å². The van der Waals surface area contributed by atoms with Crippen LogP contribution in [0, 0.1) is 0 Å². The van der Waals surface area contributed by atoms with E-state index in [0.29, 0.717) is 21.3 Å². The van der Waals surface area contributed by atoms with E-state index in [-0.39, 0.29) is 15.7 Å². The number of sulfone groups is 1. The van der Waals surface area contributed by atoms with Crippen molar-refractivity contribution in [1.29, 1.82) is 0 Å². The molecular weight excluding hydrogens is 393 g/mol. The summed E-state index contributed by atoms with van der Waals surface area (Å²) in [6.07, 6.45) is 0. The minimum atomic E-state index is -3.64. The fourth-order valence-corrected chi connectivity index (χ4v) is 3.78. The average Bonchev–Trinajstić information content (AvgIpc) is 2.63. The Balaban J connectivity index is 1.78. The lowest BCUT2D eigenvalue weighted by molar-refractivity contribution is 0.102. The summed E-state index contributed by atoms with van der Waals surface area (Å²) in [6.45, 7) is 0. The van der Waals surface area contributed by atoms with E-state index in [1.165, 1.54) is 48.5 Å². The van der Waals surface area contributed by atoms with Gasteiger partial charge in [-0.2, -0.15) is 0 Å². The maximum Gasteiger partial charge on any atom is 0.255 e. The molecule has 132 valence electrons. The lowest BCUT2D eigenvalue weighted by Crippen LogP contribution is -2.11. The fraction of sp³-hybridized carbons (Fsp3) is 0. The highest BCUT2D eigenvalue weighted by Gasteiger charge is 2.17. The summed E-state index contributed by atoms with van der Waals surface area (Å²) in [7, 11) is -3.64. The van der Waals surface area contributed by atoms with E-state index in [2.05, 4.69) is 5.32 Å². The van der Waals surface area contributed by atoms with Gasteiger partial charge < -0.3 is 5.32 Å². The Morgan fingerprint density at radius 1 is 0.692 bits per heavy atom. The Bertz CT molecular complexity index is 1030. The summed E-state index contributed by atoms with van der Waals surface area (Å²) in [4.78, 5) is 12.5. The molecule has 0 heterocycles. The van der Waals surface area contributed by atoms with Gasteiger partial charge in [0, 0.05) is 21.3 Å². The number of anilines is 1. The van der Waals surface area contributed by atoms with Gasteiger partial charge in [-0.3, -0.25) is 4.79 Å². The van der Waals surface area contributed by atoms with Gasteiger partial charge >= 0.3 is 0 Å². The largest absolute Gasteiger partial charge is 0.322 e. The van der Waals surface area contributed by atoms with Gasteiger partial charge in [0.15, 0.2) is 0 Å². The molecule has 4 nitrogen and oxygen atoms in total. The molecule has 0 spiro atoms. The van der Waals surface area contributed by atoms with E-state index in [0.717, 1.165) is 0 Å². The molecule has 26 heavy (non-hydrogen) atoms. The summed E-state index contributed by atoms with van der Waals surface area (Å²) in [5.74, 6) is -0.310. The number of nitrogens with one attached hydrogen (secondary N) is 1. The molecule has 0 saturated heterocycles. The van der Waals surface area contributed by atoms with Crippen LogP contribution in [-0.4, -0.2) is 14.3 Å². The molecule has 3 rings (SSSR count). The normalized spacial score (nSPS) is 11.2. The van der Waals surface area contributed by atoms with E-state index in [4.69, 9.17) is 23.2 Å². The van der Waals surface area contributed by atoms with Crippen molar-refractivity contribution in [2.24, 2.45) is 0 Å². The molecule has 0 atom stereocenters. The molecule has 1 N–H and O–H groups in total. The van der Waals surface area contributed by atoms with Crippen molar-refractivity contribution in [3.63, 3.8) is 0 Å². The molecule has 0 unspecified atom stereocenters. The van der Waals surface area contributed by atoms with Gasteiger partial charge in [0.1, 0.15) is 0 Å². The van der Waals surface area contributed by atoms with Crippen LogP contribution in [0.25, 0.3) is 0 Å². The van der Waals surface area contributed by atoms with Gasteiger partial charge in [0.2, 0.25) is 9.84 Å². The van der Waals surface area contributed by atoms with Crippen molar-refractivity contribution < 1.29 is 13.2 Å². The number of amides is 1.